The molecule has 2 N–H and O–H groups in total. The fraction of sp³-hybridized carbons (Fsp3) is 0.133. The van der Waals surface area contributed by atoms with E-state index in [9.17, 15) is 4.39 Å². The van der Waals surface area contributed by atoms with Gasteiger partial charge in [0.2, 0.25) is 0 Å². The topological polar surface area (TPSA) is 40.7 Å². The predicted octanol–water partition coefficient (Wildman–Crippen LogP) is 4.64. The average molecular weight is 334 g/mol. The summed E-state index contributed by atoms with van der Waals surface area (Å²) in [6.45, 7) is 1.93. The van der Waals surface area contributed by atoms with Crippen molar-refractivity contribution >= 4 is 32.5 Å². The van der Waals surface area contributed by atoms with Crippen LogP contribution in [-0.2, 0) is 0 Å². The second-order valence-electron chi connectivity index (χ2n) is 4.67. The number of H-pyrrole nitrogens is 1. The van der Waals surface area contributed by atoms with Gasteiger partial charge in [-0.05, 0) is 25.1 Å². The Hall–Kier alpha value is -1.88. The Bertz CT molecular complexity index is 754. The standard InChI is InChI=1S/C15H13BrFN3/c1-9(12-6-5-11(16)7-13(12)17)19-14-4-2-3-10-8-18-20-15(10)14/h2-9,19H,1H3,(H,18,20). The SMILES string of the molecule is CC(Nc1cccc2cn[nH]c12)c1ccc(Br)cc1F. The molecule has 3 nitrogen and oxygen atoms in total. The first kappa shape index (κ1) is 13.1. The molecule has 1 atom stereocenters. The van der Waals surface area contributed by atoms with Crippen molar-refractivity contribution in [3.05, 3.63) is 58.4 Å². The number of nitrogens with zero attached hydrogens (tertiary/aromatic N) is 1. The highest BCUT2D eigenvalue weighted by atomic mass is 79.9. The van der Waals surface area contributed by atoms with Crippen molar-refractivity contribution in [2.75, 3.05) is 5.32 Å². The van der Waals surface area contributed by atoms with E-state index in [0.29, 0.717) is 5.56 Å². The highest BCUT2D eigenvalue weighted by Gasteiger charge is 2.12. The van der Waals surface area contributed by atoms with Gasteiger partial charge >= 0.3 is 0 Å². The largest absolute Gasteiger partial charge is 0.377 e. The lowest BCUT2D eigenvalue weighted by atomic mass is 10.1. The molecule has 0 radical (unpaired) electrons. The number of nitrogens with one attached hydrogen (secondary N) is 2. The fourth-order valence-electron chi connectivity index (χ4n) is 2.25. The number of rotatable bonds is 3. The van der Waals surface area contributed by atoms with Gasteiger partial charge in [-0.15, -0.1) is 0 Å². The number of fused-ring (bicyclic) bond motifs is 1. The van der Waals surface area contributed by atoms with Crippen LogP contribution in [0.3, 0.4) is 0 Å². The van der Waals surface area contributed by atoms with E-state index in [1.807, 2.05) is 31.2 Å². The summed E-state index contributed by atoms with van der Waals surface area (Å²) in [6, 6.07) is 10.8. The molecule has 0 fully saturated rings. The van der Waals surface area contributed by atoms with Crippen LogP contribution in [0.25, 0.3) is 10.9 Å². The second kappa shape index (κ2) is 5.25. The third kappa shape index (κ3) is 2.41. The second-order valence-corrected chi connectivity index (χ2v) is 5.59. The first-order valence-electron chi connectivity index (χ1n) is 6.29. The number of hydrogen-bond acceptors (Lipinski definition) is 2. The maximum Gasteiger partial charge on any atom is 0.129 e. The molecule has 20 heavy (non-hydrogen) atoms. The van der Waals surface area contributed by atoms with Crippen molar-refractivity contribution < 1.29 is 4.39 Å². The summed E-state index contributed by atoms with van der Waals surface area (Å²) in [6.07, 6.45) is 1.77. The molecule has 3 rings (SSSR count). The number of benzene rings is 2. The van der Waals surface area contributed by atoms with Crippen LogP contribution < -0.4 is 5.32 Å². The molecule has 0 aliphatic carbocycles. The molecule has 102 valence electrons. The number of para-hydroxylation sites is 1. The molecule has 2 aromatic carbocycles. The Kier molecular flexibility index (Phi) is 3.44. The Morgan fingerprint density at radius 2 is 2.15 bits per heavy atom. The molecule has 1 heterocycles. The highest BCUT2D eigenvalue weighted by molar-refractivity contribution is 9.10. The number of aromatic amines is 1. The minimum Gasteiger partial charge on any atom is -0.377 e. The van der Waals surface area contributed by atoms with Gasteiger partial charge in [-0.3, -0.25) is 5.10 Å². The number of aromatic nitrogens is 2. The van der Waals surface area contributed by atoms with Gasteiger partial charge in [-0.25, -0.2) is 4.39 Å². The van der Waals surface area contributed by atoms with E-state index in [1.165, 1.54) is 6.07 Å². The molecule has 3 aromatic rings. The molecule has 0 bridgehead atoms. The average Bonchev–Trinajstić information content (AvgIpc) is 2.87. The Labute approximate surface area is 124 Å². The molecule has 0 amide bonds. The molecule has 0 saturated heterocycles. The van der Waals surface area contributed by atoms with Gasteiger partial charge in [0.25, 0.3) is 0 Å². The van der Waals surface area contributed by atoms with Gasteiger partial charge in [-0.1, -0.05) is 34.1 Å². The van der Waals surface area contributed by atoms with Crippen LogP contribution in [0.2, 0.25) is 0 Å². The van der Waals surface area contributed by atoms with E-state index >= 15 is 0 Å². The number of hydrogen-bond donors (Lipinski definition) is 2. The zero-order valence-corrected chi connectivity index (χ0v) is 12.4. The normalized spacial score (nSPS) is 12.6. The fourth-order valence-corrected chi connectivity index (χ4v) is 2.59. The van der Waals surface area contributed by atoms with Gasteiger partial charge in [0.15, 0.2) is 0 Å². The van der Waals surface area contributed by atoms with Crippen LogP contribution in [0.1, 0.15) is 18.5 Å². The van der Waals surface area contributed by atoms with Crippen molar-refractivity contribution in [3.8, 4) is 0 Å². The van der Waals surface area contributed by atoms with E-state index < -0.39 is 0 Å². The van der Waals surface area contributed by atoms with Crippen LogP contribution in [0, 0.1) is 5.82 Å². The lowest BCUT2D eigenvalue weighted by Crippen LogP contribution is -2.09. The molecular weight excluding hydrogens is 321 g/mol. The van der Waals surface area contributed by atoms with Crippen LogP contribution in [0.15, 0.2) is 47.1 Å². The molecule has 0 aliphatic rings. The minimum absolute atomic E-state index is 0.142. The molecule has 1 unspecified atom stereocenters. The van der Waals surface area contributed by atoms with Crippen LogP contribution in [0.5, 0.6) is 0 Å². The molecule has 0 aliphatic heterocycles. The van der Waals surface area contributed by atoms with Crippen molar-refractivity contribution in [2.45, 2.75) is 13.0 Å². The summed E-state index contributed by atoms with van der Waals surface area (Å²) >= 11 is 3.27. The number of halogens is 2. The zero-order chi connectivity index (χ0) is 14.1. The molecule has 1 aromatic heterocycles. The molecule has 0 spiro atoms. The Morgan fingerprint density at radius 1 is 1.30 bits per heavy atom. The van der Waals surface area contributed by atoms with E-state index in [4.69, 9.17) is 0 Å². The summed E-state index contributed by atoms with van der Waals surface area (Å²) in [5, 5.41) is 11.3. The van der Waals surface area contributed by atoms with E-state index in [2.05, 4.69) is 31.4 Å². The number of anilines is 1. The van der Waals surface area contributed by atoms with Crippen molar-refractivity contribution in [1.82, 2.24) is 10.2 Å². The lowest BCUT2D eigenvalue weighted by Gasteiger charge is -2.17. The maximum atomic E-state index is 14.0. The summed E-state index contributed by atoms with van der Waals surface area (Å²) in [4.78, 5) is 0. The van der Waals surface area contributed by atoms with Gasteiger partial charge in [0.05, 0.1) is 23.4 Å². The summed E-state index contributed by atoms with van der Waals surface area (Å²) in [5.41, 5.74) is 2.47. The van der Waals surface area contributed by atoms with Gasteiger partial charge in [0.1, 0.15) is 5.82 Å². The van der Waals surface area contributed by atoms with Crippen LogP contribution >= 0.6 is 15.9 Å². The molecule has 5 heteroatoms. The smallest absolute Gasteiger partial charge is 0.129 e. The predicted molar refractivity (Wildman–Crippen MR) is 82.2 cm³/mol. The van der Waals surface area contributed by atoms with E-state index in [1.54, 1.807) is 12.3 Å². The lowest BCUT2D eigenvalue weighted by molar-refractivity contribution is 0.599. The van der Waals surface area contributed by atoms with Crippen LogP contribution in [0.4, 0.5) is 10.1 Å². The van der Waals surface area contributed by atoms with Crippen LogP contribution in [-0.4, -0.2) is 10.2 Å². The van der Waals surface area contributed by atoms with Crippen molar-refractivity contribution in [3.63, 3.8) is 0 Å². The van der Waals surface area contributed by atoms with Crippen molar-refractivity contribution in [2.24, 2.45) is 0 Å². The highest BCUT2D eigenvalue weighted by Crippen LogP contribution is 2.27. The minimum atomic E-state index is -0.226. The van der Waals surface area contributed by atoms with E-state index in [0.717, 1.165) is 21.1 Å². The molecule has 0 saturated carbocycles. The Balaban J connectivity index is 1.92. The molecular formula is C15H13BrFN3. The van der Waals surface area contributed by atoms with Gasteiger partial charge in [-0.2, -0.15) is 5.10 Å². The van der Waals surface area contributed by atoms with E-state index in [-0.39, 0.29) is 11.9 Å². The first-order valence-corrected chi connectivity index (χ1v) is 7.08. The zero-order valence-electron chi connectivity index (χ0n) is 10.8. The third-order valence-electron chi connectivity index (χ3n) is 3.28. The van der Waals surface area contributed by atoms with Gasteiger partial charge in [0, 0.05) is 15.4 Å². The third-order valence-corrected chi connectivity index (χ3v) is 3.77. The van der Waals surface area contributed by atoms with Crippen molar-refractivity contribution in [1.29, 1.82) is 0 Å². The van der Waals surface area contributed by atoms with Gasteiger partial charge < -0.3 is 5.32 Å². The quantitative estimate of drug-likeness (QED) is 0.733. The monoisotopic (exact) mass is 333 g/mol. The summed E-state index contributed by atoms with van der Waals surface area (Å²) in [5.74, 6) is -0.226. The maximum absolute atomic E-state index is 14.0. The Morgan fingerprint density at radius 3 is 2.95 bits per heavy atom. The first-order chi connectivity index (χ1) is 9.65. The summed E-state index contributed by atoms with van der Waals surface area (Å²) < 4.78 is 14.7. The summed E-state index contributed by atoms with van der Waals surface area (Å²) in [7, 11) is 0.